The number of aliphatic hydroxyl groups excluding tert-OH is 1. The van der Waals surface area contributed by atoms with Gasteiger partial charge >= 0.3 is 0 Å². The number of carbonyl (C=O) groups is 2. The van der Waals surface area contributed by atoms with Crippen LogP contribution in [0.2, 0.25) is 0 Å². The summed E-state index contributed by atoms with van der Waals surface area (Å²) in [6.45, 7) is 2.65. The number of aliphatic hydroxyl groups is 1. The number of amides is 1. The molecule has 0 aliphatic heterocycles. The fourth-order valence-corrected chi connectivity index (χ4v) is 1.46. The Morgan fingerprint density at radius 3 is 2.19 bits per heavy atom. The fraction of sp³-hybridized carbons (Fsp3) is 0.333. The largest absolute Gasteiger partial charge is 0.386 e. The summed E-state index contributed by atoms with van der Waals surface area (Å²) < 4.78 is 0. The maximum Gasteiger partial charge on any atom is 0.217 e. The molecule has 0 bridgehead atoms. The molecular formula is C12H15NO3. The second-order valence-corrected chi connectivity index (χ2v) is 3.64. The molecule has 0 heterocycles. The van der Waals surface area contributed by atoms with Crippen molar-refractivity contribution in [1.29, 1.82) is 0 Å². The van der Waals surface area contributed by atoms with E-state index in [1.54, 1.807) is 24.3 Å². The van der Waals surface area contributed by atoms with E-state index >= 15 is 0 Å². The summed E-state index contributed by atoms with van der Waals surface area (Å²) in [5, 5.41) is 12.4. The van der Waals surface area contributed by atoms with Crippen LogP contribution in [-0.4, -0.2) is 22.8 Å². The predicted molar refractivity (Wildman–Crippen MR) is 59.7 cm³/mol. The van der Waals surface area contributed by atoms with E-state index in [2.05, 4.69) is 5.32 Å². The topological polar surface area (TPSA) is 66.4 Å². The smallest absolute Gasteiger partial charge is 0.217 e. The first-order valence-corrected chi connectivity index (χ1v) is 5.03. The Morgan fingerprint density at radius 1 is 1.19 bits per heavy atom. The molecule has 0 saturated carbocycles. The number of hydrogen-bond donors (Lipinski definition) is 2. The van der Waals surface area contributed by atoms with Gasteiger partial charge in [0.25, 0.3) is 0 Å². The number of Topliss-reactive ketones (excluding diaryl/α,β-unsaturated/α-hetero) is 1. The number of benzene rings is 1. The van der Waals surface area contributed by atoms with Gasteiger partial charge in [0.2, 0.25) is 5.91 Å². The van der Waals surface area contributed by atoms with Gasteiger partial charge in [0.15, 0.2) is 5.78 Å². The molecule has 2 atom stereocenters. The quantitative estimate of drug-likeness (QED) is 0.790. The summed E-state index contributed by atoms with van der Waals surface area (Å²) in [6, 6.07) is 7.88. The third-order valence-electron chi connectivity index (χ3n) is 2.25. The summed E-state index contributed by atoms with van der Waals surface area (Å²) in [7, 11) is 0. The van der Waals surface area contributed by atoms with Gasteiger partial charge in [0.1, 0.15) is 12.1 Å². The molecule has 86 valence electrons. The standard InChI is InChI=1S/C12H15NO3/c1-8(14)11(13-9(2)15)12(16)10-6-4-3-5-7-10/h3-7,11-12,16H,1-2H3,(H,13,15)/t11-,12+/m0/s1. The third kappa shape index (κ3) is 3.17. The van der Waals surface area contributed by atoms with Crippen LogP contribution in [-0.2, 0) is 9.59 Å². The Kier molecular flexibility index (Phi) is 4.19. The molecule has 4 nitrogen and oxygen atoms in total. The van der Waals surface area contributed by atoms with E-state index in [4.69, 9.17) is 0 Å². The summed E-state index contributed by atoms with van der Waals surface area (Å²) in [5.41, 5.74) is 0.608. The van der Waals surface area contributed by atoms with Gasteiger partial charge in [-0.05, 0) is 12.5 Å². The second-order valence-electron chi connectivity index (χ2n) is 3.64. The number of ketones is 1. The molecule has 1 rings (SSSR count). The van der Waals surface area contributed by atoms with Gasteiger partial charge in [0.05, 0.1) is 0 Å². The van der Waals surface area contributed by atoms with Crippen molar-refractivity contribution in [2.75, 3.05) is 0 Å². The van der Waals surface area contributed by atoms with Gasteiger partial charge in [-0.25, -0.2) is 0 Å². The average Bonchev–Trinajstić information content (AvgIpc) is 2.25. The molecule has 0 fully saturated rings. The highest BCUT2D eigenvalue weighted by Crippen LogP contribution is 2.16. The van der Waals surface area contributed by atoms with Crippen LogP contribution < -0.4 is 5.32 Å². The molecule has 4 heteroatoms. The van der Waals surface area contributed by atoms with Crippen LogP contribution in [0.25, 0.3) is 0 Å². The Balaban J connectivity index is 2.87. The molecule has 0 saturated heterocycles. The lowest BCUT2D eigenvalue weighted by Crippen LogP contribution is -2.43. The van der Waals surface area contributed by atoms with Crippen LogP contribution in [0.5, 0.6) is 0 Å². The first-order chi connectivity index (χ1) is 7.52. The van der Waals surface area contributed by atoms with E-state index in [1.807, 2.05) is 6.07 Å². The first-order valence-electron chi connectivity index (χ1n) is 5.03. The molecular weight excluding hydrogens is 206 g/mol. The highest BCUT2D eigenvalue weighted by Gasteiger charge is 2.25. The second kappa shape index (κ2) is 5.42. The fourth-order valence-electron chi connectivity index (χ4n) is 1.46. The van der Waals surface area contributed by atoms with Gasteiger partial charge in [0, 0.05) is 6.92 Å². The van der Waals surface area contributed by atoms with E-state index in [0.717, 1.165) is 0 Å². The van der Waals surface area contributed by atoms with Crippen molar-refractivity contribution in [3.63, 3.8) is 0 Å². The lowest BCUT2D eigenvalue weighted by atomic mass is 9.99. The maximum atomic E-state index is 11.3. The van der Waals surface area contributed by atoms with Crippen molar-refractivity contribution in [2.24, 2.45) is 0 Å². The highest BCUT2D eigenvalue weighted by atomic mass is 16.3. The minimum atomic E-state index is -1.01. The summed E-state index contributed by atoms with van der Waals surface area (Å²) >= 11 is 0. The monoisotopic (exact) mass is 221 g/mol. The number of hydrogen-bond acceptors (Lipinski definition) is 3. The van der Waals surface area contributed by atoms with E-state index in [9.17, 15) is 14.7 Å². The highest BCUT2D eigenvalue weighted by molar-refractivity contribution is 5.87. The van der Waals surface area contributed by atoms with Crippen molar-refractivity contribution in [3.05, 3.63) is 35.9 Å². The van der Waals surface area contributed by atoms with Gasteiger partial charge < -0.3 is 10.4 Å². The van der Waals surface area contributed by atoms with Gasteiger partial charge in [-0.3, -0.25) is 9.59 Å². The Hall–Kier alpha value is -1.68. The SMILES string of the molecule is CC(=O)N[C@@H](C(C)=O)[C@H](O)c1ccccc1. The van der Waals surface area contributed by atoms with E-state index in [1.165, 1.54) is 13.8 Å². The third-order valence-corrected chi connectivity index (χ3v) is 2.25. The number of nitrogens with one attached hydrogen (secondary N) is 1. The molecule has 1 amide bonds. The van der Waals surface area contributed by atoms with Crippen molar-refractivity contribution >= 4 is 11.7 Å². The molecule has 0 aromatic heterocycles. The summed E-state index contributed by atoms with van der Waals surface area (Å²) in [4.78, 5) is 22.2. The molecule has 1 aromatic carbocycles. The molecule has 0 radical (unpaired) electrons. The van der Waals surface area contributed by atoms with Crippen LogP contribution in [0, 0.1) is 0 Å². The van der Waals surface area contributed by atoms with Gasteiger partial charge in [-0.2, -0.15) is 0 Å². The van der Waals surface area contributed by atoms with Gasteiger partial charge in [-0.1, -0.05) is 30.3 Å². The zero-order valence-corrected chi connectivity index (χ0v) is 9.31. The van der Waals surface area contributed by atoms with Crippen LogP contribution in [0.15, 0.2) is 30.3 Å². The van der Waals surface area contributed by atoms with Crippen LogP contribution in [0.3, 0.4) is 0 Å². The summed E-state index contributed by atoms with van der Waals surface area (Å²) in [5.74, 6) is -0.610. The van der Waals surface area contributed by atoms with E-state index in [0.29, 0.717) is 5.56 Å². The lowest BCUT2D eigenvalue weighted by molar-refractivity contribution is -0.128. The zero-order valence-electron chi connectivity index (χ0n) is 9.31. The van der Waals surface area contributed by atoms with Gasteiger partial charge in [-0.15, -0.1) is 0 Å². The molecule has 0 spiro atoms. The lowest BCUT2D eigenvalue weighted by Gasteiger charge is -2.21. The Labute approximate surface area is 94.3 Å². The zero-order chi connectivity index (χ0) is 12.1. The Bertz CT molecular complexity index is 375. The molecule has 1 aromatic rings. The molecule has 16 heavy (non-hydrogen) atoms. The van der Waals surface area contributed by atoms with Crippen molar-refractivity contribution in [3.8, 4) is 0 Å². The first kappa shape index (κ1) is 12.4. The molecule has 0 unspecified atom stereocenters. The minimum Gasteiger partial charge on any atom is -0.386 e. The normalized spacial score (nSPS) is 13.9. The average molecular weight is 221 g/mol. The van der Waals surface area contributed by atoms with E-state index < -0.39 is 12.1 Å². The van der Waals surface area contributed by atoms with Crippen LogP contribution >= 0.6 is 0 Å². The number of rotatable bonds is 4. The Morgan fingerprint density at radius 2 is 1.75 bits per heavy atom. The summed E-state index contributed by atoms with van der Waals surface area (Å²) in [6.07, 6.45) is -1.01. The predicted octanol–water partition coefficient (Wildman–Crippen LogP) is 0.814. The van der Waals surface area contributed by atoms with Crippen molar-refractivity contribution in [2.45, 2.75) is 26.0 Å². The minimum absolute atomic E-state index is 0.272. The molecule has 0 aliphatic carbocycles. The van der Waals surface area contributed by atoms with Crippen LogP contribution in [0.4, 0.5) is 0 Å². The maximum absolute atomic E-state index is 11.3. The number of carbonyl (C=O) groups excluding carboxylic acids is 2. The van der Waals surface area contributed by atoms with Crippen molar-refractivity contribution in [1.82, 2.24) is 5.32 Å². The van der Waals surface area contributed by atoms with Crippen LogP contribution in [0.1, 0.15) is 25.5 Å². The van der Waals surface area contributed by atoms with Crippen molar-refractivity contribution < 1.29 is 14.7 Å². The van der Waals surface area contributed by atoms with E-state index in [-0.39, 0.29) is 11.7 Å². The molecule has 0 aliphatic rings. The molecule has 2 N–H and O–H groups in total.